The van der Waals surface area contributed by atoms with Crippen LogP contribution in [0.1, 0.15) is 30.7 Å². The maximum Gasteiger partial charge on any atom is 0.133 e. The largest absolute Gasteiger partial charge is 0.488 e. The number of aromatic nitrogens is 2. The lowest BCUT2D eigenvalue weighted by atomic mass is 10.0. The van der Waals surface area contributed by atoms with Gasteiger partial charge in [0.15, 0.2) is 0 Å². The number of morpholine rings is 1. The van der Waals surface area contributed by atoms with E-state index in [4.69, 9.17) is 19.2 Å². The van der Waals surface area contributed by atoms with Crippen molar-refractivity contribution < 1.29 is 14.2 Å². The molecule has 1 aromatic heterocycles. The molecule has 148 valence electrons. The van der Waals surface area contributed by atoms with E-state index in [1.54, 1.807) is 13.4 Å². The molecule has 1 saturated heterocycles. The van der Waals surface area contributed by atoms with Gasteiger partial charge in [0, 0.05) is 25.3 Å². The average Bonchev–Trinajstić information content (AvgIpc) is 3.12. The topological polar surface area (TPSA) is 69.1 Å². The number of nitrogens with zero attached hydrogens (tertiary/aromatic N) is 4. The summed E-state index contributed by atoms with van der Waals surface area (Å²) in [5.74, 6) is 1.73. The fourth-order valence-electron chi connectivity index (χ4n) is 3.66. The van der Waals surface area contributed by atoms with Crippen molar-refractivity contribution in [2.75, 3.05) is 38.4 Å². The predicted molar refractivity (Wildman–Crippen MR) is 107 cm³/mol. The highest BCUT2D eigenvalue weighted by Gasteiger charge is 2.24. The number of ether oxygens (including phenoxy) is 3. The Bertz CT molecular complexity index is 870. The molecule has 0 spiro atoms. The normalized spacial score (nSPS) is 19.9. The van der Waals surface area contributed by atoms with Crippen molar-refractivity contribution in [2.45, 2.75) is 32.5 Å². The maximum absolute atomic E-state index is 5.96. The fraction of sp³-hybridized carbons (Fsp3) is 0.476. The van der Waals surface area contributed by atoms with Gasteiger partial charge in [-0.25, -0.2) is 9.97 Å². The summed E-state index contributed by atoms with van der Waals surface area (Å²) in [6.07, 6.45) is 1.60. The Labute approximate surface area is 165 Å². The highest BCUT2D eigenvalue weighted by molar-refractivity contribution is 6.14. The molecule has 3 heterocycles. The third-order valence-corrected chi connectivity index (χ3v) is 5.04. The van der Waals surface area contributed by atoms with Crippen LogP contribution in [0.25, 0.3) is 0 Å². The molecule has 2 aliphatic heterocycles. The number of anilines is 1. The molecule has 1 aromatic carbocycles. The van der Waals surface area contributed by atoms with Crippen LogP contribution >= 0.6 is 0 Å². The molecular formula is C21H26N4O3. The van der Waals surface area contributed by atoms with E-state index >= 15 is 0 Å². The van der Waals surface area contributed by atoms with E-state index in [1.165, 1.54) is 5.56 Å². The smallest absolute Gasteiger partial charge is 0.133 e. The van der Waals surface area contributed by atoms with E-state index in [-0.39, 0.29) is 12.1 Å². The molecule has 1 fully saturated rings. The Hall–Kier alpha value is -2.51. The van der Waals surface area contributed by atoms with E-state index in [1.807, 2.05) is 25.1 Å². The highest BCUT2D eigenvalue weighted by Crippen LogP contribution is 2.28. The van der Waals surface area contributed by atoms with Crippen LogP contribution in [0.4, 0.5) is 5.82 Å². The molecule has 0 saturated carbocycles. The molecule has 4 rings (SSSR count). The third-order valence-electron chi connectivity index (χ3n) is 5.04. The standard InChI is InChI=1S/C21H26N4O3/c1-14-11-27-7-6-25(14)20-9-19(23-13-24-20)21-18-8-17(28-15(2)12-26-3)5-4-16(18)10-22-21/h4-5,8-9,13-15H,6-7,10-12H2,1-3H3/t14-,15-/m0/s1. The first-order chi connectivity index (χ1) is 13.7. The molecule has 7 nitrogen and oxygen atoms in total. The number of hydrogen-bond donors (Lipinski definition) is 0. The van der Waals surface area contributed by atoms with E-state index in [9.17, 15) is 0 Å². The van der Waals surface area contributed by atoms with Gasteiger partial charge in [0.25, 0.3) is 0 Å². The van der Waals surface area contributed by atoms with Gasteiger partial charge >= 0.3 is 0 Å². The van der Waals surface area contributed by atoms with Gasteiger partial charge in [0.2, 0.25) is 0 Å². The first kappa shape index (κ1) is 18.8. The highest BCUT2D eigenvalue weighted by atomic mass is 16.5. The summed E-state index contributed by atoms with van der Waals surface area (Å²) in [5.41, 5.74) is 3.98. The van der Waals surface area contributed by atoms with Crippen LogP contribution in [0.3, 0.4) is 0 Å². The number of benzene rings is 1. The maximum atomic E-state index is 5.96. The van der Waals surface area contributed by atoms with Crippen LogP contribution in [0.15, 0.2) is 35.6 Å². The van der Waals surface area contributed by atoms with Crippen LogP contribution in [-0.2, 0) is 16.0 Å². The molecule has 2 atom stereocenters. The molecule has 2 aliphatic rings. The molecule has 0 radical (unpaired) electrons. The molecule has 2 aromatic rings. The zero-order valence-electron chi connectivity index (χ0n) is 16.6. The van der Waals surface area contributed by atoms with E-state index in [2.05, 4.69) is 27.9 Å². The first-order valence-corrected chi connectivity index (χ1v) is 9.66. The van der Waals surface area contributed by atoms with Gasteiger partial charge < -0.3 is 19.1 Å². The third kappa shape index (κ3) is 3.86. The van der Waals surface area contributed by atoms with Gasteiger partial charge in [-0.2, -0.15) is 0 Å². The summed E-state index contributed by atoms with van der Waals surface area (Å²) in [6.45, 7) is 7.60. The predicted octanol–water partition coefficient (Wildman–Crippen LogP) is 2.47. The molecule has 0 N–H and O–H groups in total. The number of hydrogen-bond acceptors (Lipinski definition) is 7. The van der Waals surface area contributed by atoms with Crippen molar-refractivity contribution in [3.05, 3.63) is 47.4 Å². The summed E-state index contributed by atoms with van der Waals surface area (Å²) in [5, 5.41) is 0. The molecule has 0 amide bonds. The van der Waals surface area contributed by atoms with Crippen LogP contribution in [0.2, 0.25) is 0 Å². The molecule has 0 bridgehead atoms. The van der Waals surface area contributed by atoms with E-state index in [0.717, 1.165) is 35.1 Å². The Morgan fingerprint density at radius 2 is 2.18 bits per heavy atom. The Kier molecular flexibility index (Phi) is 5.54. The summed E-state index contributed by atoms with van der Waals surface area (Å²) < 4.78 is 16.7. The lowest BCUT2D eigenvalue weighted by Crippen LogP contribution is -2.44. The van der Waals surface area contributed by atoms with Crippen LogP contribution in [0.5, 0.6) is 5.75 Å². The molecule has 7 heteroatoms. The monoisotopic (exact) mass is 382 g/mol. The summed E-state index contributed by atoms with van der Waals surface area (Å²) in [6, 6.07) is 8.43. The van der Waals surface area contributed by atoms with Crippen molar-refractivity contribution in [1.82, 2.24) is 9.97 Å². The Morgan fingerprint density at radius 1 is 1.29 bits per heavy atom. The fourth-order valence-corrected chi connectivity index (χ4v) is 3.66. The van der Waals surface area contributed by atoms with Crippen LogP contribution in [0, 0.1) is 0 Å². The summed E-state index contributed by atoms with van der Waals surface area (Å²) in [7, 11) is 1.68. The molecule has 0 unspecified atom stereocenters. The lowest BCUT2D eigenvalue weighted by molar-refractivity contribution is 0.0921. The Balaban J connectivity index is 1.59. The van der Waals surface area contributed by atoms with Crippen LogP contribution in [-0.4, -0.2) is 61.3 Å². The Morgan fingerprint density at radius 3 is 3.00 bits per heavy atom. The van der Waals surface area contributed by atoms with E-state index < -0.39 is 0 Å². The number of methoxy groups -OCH3 is 1. The van der Waals surface area contributed by atoms with Gasteiger partial charge in [-0.05, 0) is 31.5 Å². The second-order valence-corrected chi connectivity index (χ2v) is 7.25. The second-order valence-electron chi connectivity index (χ2n) is 7.25. The van der Waals surface area contributed by atoms with Crippen molar-refractivity contribution >= 4 is 11.5 Å². The quantitative estimate of drug-likeness (QED) is 0.765. The minimum Gasteiger partial charge on any atom is -0.488 e. The lowest BCUT2D eigenvalue weighted by Gasteiger charge is -2.34. The van der Waals surface area contributed by atoms with Gasteiger partial charge in [-0.1, -0.05) is 6.07 Å². The van der Waals surface area contributed by atoms with Crippen LogP contribution < -0.4 is 9.64 Å². The zero-order chi connectivity index (χ0) is 19.5. The SMILES string of the molecule is COC[C@H](C)Oc1ccc2c(c1)C(c1cc(N3CCOC[C@@H]3C)ncn1)=NC2. The van der Waals surface area contributed by atoms with Crippen molar-refractivity contribution in [3.63, 3.8) is 0 Å². The summed E-state index contributed by atoms with van der Waals surface area (Å²) >= 11 is 0. The minimum absolute atomic E-state index is 0.0155. The minimum atomic E-state index is -0.0155. The summed E-state index contributed by atoms with van der Waals surface area (Å²) in [4.78, 5) is 16.0. The van der Waals surface area contributed by atoms with Gasteiger partial charge in [0.1, 0.15) is 24.0 Å². The number of fused-ring (bicyclic) bond motifs is 1. The van der Waals surface area contributed by atoms with E-state index in [0.29, 0.717) is 26.4 Å². The molecular weight excluding hydrogens is 356 g/mol. The second kappa shape index (κ2) is 8.24. The molecule has 28 heavy (non-hydrogen) atoms. The average molecular weight is 382 g/mol. The number of aliphatic imine (C=N–C) groups is 1. The van der Waals surface area contributed by atoms with Gasteiger partial charge in [-0.15, -0.1) is 0 Å². The van der Waals surface area contributed by atoms with Crippen molar-refractivity contribution in [2.24, 2.45) is 4.99 Å². The molecule has 0 aliphatic carbocycles. The number of rotatable bonds is 6. The first-order valence-electron chi connectivity index (χ1n) is 9.66. The van der Waals surface area contributed by atoms with Crippen molar-refractivity contribution in [1.29, 1.82) is 0 Å². The van der Waals surface area contributed by atoms with Crippen molar-refractivity contribution in [3.8, 4) is 5.75 Å². The van der Waals surface area contributed by atoms with Gasteiger partial charge in [0.05, 0.1) is 43.8 Å². The zero-order valence-corrected chi connectivity index (χ0v) is 16.6. The van der Waals surface area contributed by atoms with Gasteiger partial charge in [-0.3, -0.25) is 4.99 Å².